The average molecular weight is 313 g/mol. The molecular formula is C16H15N3O2S. The molecule has 5 nitrogen and oxygen atoms in total. The van der Waals surface area contributed by atoms with Crippen LogP contribution in [0.15, 0.2) is 64.9 Å². The van der Waals surface area contributed by atoms with Crippen LogP contribution in [-0.4, -0.2) is 27.6 Å². The summed E-state index contributed by atoms with van der Waals surface area (Å²) in [5, 5.41) is 9.31. The summed E-state index contributed by atoms with van der Waals surface area (Å²) in [6.07, 6.45) is 3.45. The Kier molecular flexibility index (Phi) is 4.29. The van der Waals surface area contributed by atoms with E-state index in [1.165, 1.54) is 0 Å². The van der Waals surface area contributed by atoms with Crippen molar-refractivity contribution in [1.29, 1.82) is 0 Å². The van der Waals surface area contributed by atoms with Crippen LogP contribution < -0.4 is 4.74 Å². The standard InChI is InChI=1S/C16H15N3O2S/c1-3-11-22-16-18-17-15(14-9-6-10-21-14)19(16)12-7-4-5-8-13(12)20-2/h3-10H,1,11H2,2H3. The first-order valence-electron chi connectivity index (χ1n) is 6.71. The van der Waals surface area contributed by atoms with Gasteiger partial charge in [-0.05, 0) is 24.3 Å². The van der Waals surface area contributed by atoms with Crippen LogP contribution in [0, 0.1) is 0 Å². The summed E-state index contributed by atoms with van der Waals surface area (Å²) in [6, 6.07) is 11.4. The second kappa shape index (κ2) is 6.53. The molecule has 1 aromatic carbocycles. The molecule has 0 radical (unpaired) electrons. The number of thioether (sulfide) groups is 1. The molecule has 0 saturated heterocycles. The molecule has 0 fully saturated rings. The Hall–Kier alpha value is -2.47. The Morgan fingerprint density at radius 1 is 1.27 bits per heavy atom. The van der Waals surface area contributed by atoms with Crippen molar-refractivity contribution < 1.29 is 9.15 Å². The van der Waals surface area contributed by atoms with Crippen molar-refractivity contribution in [3.05, 3.63) is 55.3 Å². The maximum atomic E-state index is 5.48. The third-order valence-corrected chi connectivity index (χ3v) is 3.96. The van der Waals surface area contributed by atoms with Crippen molar-refractivity contribution in [2.24, 2.45) is 0 Å². The van der Waals surface area contributed by atoms with Gasteiger partial charge in [-0.3, -0.25) is 4.57 Å². The van der Waals surface area contributed by atoms with E-state index in [1.807, 2.05) is 47.0 Å². The summed E-state index contributed by atoms with van der Waals surface area (Å²) in [4.78, 5) is 0. The molecule has 0 unspecified atom stereocenters. The van der Waals surface area contributed by atoms with E-state index in [-0.39, 0.29) is 0 Å². The highest BCUT2D eigenvalue weighted by molar-refractivity contribution is 7.99. The predicted molar refractivity (Wildman–Crippen MR) is 86.5 cm³/mol. The molecule has 2 aromatic heterocycles. The average Bonchev–Trinajstić information content (AvgIpc) is 3.21. The van der Waals surface area contributed by atoms with Gasteiger partial charge in [-0.15, -0.1) is 16.8 Å². The first-order chi connectivity index (χ1) is 10.8. The second-order valence-corrected chi connectivity index (χ2v) is 5.38. The Bertz CT molecular complexity index is 766. The van der Waals surface area contributed by atoms with Crippen molar-refractivity contribution in [2.45, 2.75) is 5.16 Å². The molecule has 0 atom stereocenters. The minimum atomic E-state index is 0.640. The molecule has 6 heteroatoms. The normalized spacial score (nSPS) is 10.6. The van der Waals surface area contributed by atoms with Gasteiger partial charge in [0.05, 0.1) is 19.1 Å². The zero-order chi connectivity index (χ0) is 15.4. The number of methoxy groups -OCH3 is 1. The molecule has 0 aliphatic carbocycles. The molecule has 3 aromatic rings. The minimum absolute atomic E-state index is 0.640. The molecular weight excluding hydrogens is 298 g/mol. The van der Waals surface area contributed by atoms with Gasteiger partial charge in [0, 0.05) is 5.75 Å². The molecule has 2 heterocycles. The van der Waals surface area contributed by atoms with Gasteiger partial charge in [-0.1, -0.05) is 30.0 Å². The Labute approximate surface area is 132 Å². The Morgan fingerprint density at radius 2 is 2.14 bits per heavy atom. The van der Waals surface area contributed by atoms with Gasteiger partial charge >= 0.3 is 0 Å². The van der Waals surface area contributed by atoms with E-state index in [4.69, 9.17) is 9.15 Å². The van der Waals surface area contributed by atoms with Crippen LogP contribution in [0.2, 0.25) is 0 Å². The zero-order valence-electron chi connectivity index (χ0n) is 12.1. The van der Waals surface area contributed by atoms with Crippen molar-refractivity contribution in [3.63, 3.8) is 0 Å². The molecule has 0 N–H and O–H groups in total. The molecule has 3 rings (SSSR count). The number of hydrogen-bond acceptors (Lipinski definition) is 5. The molecule has 0 aliphatic rings. The van der Waals surface area contributed by atoms with Gasteiger partial charge in [-0.2, -0.15) is 0 Å². The largest absolute Gasteiger partial charge is 0.495 e. The molecule has 22 heavy (non-hydrogen) atoms. The van der Waals surface area contributed by atoms with Crippen LogP contribution >= 0.6 is 11.8 Å². The quantitative estimate of drug-likeness (QED) is 0.511. The molecule has 0 amide bonds. The topological polar surface area (TPSA) is 53.1 Å². The minimum Gasteiger partial charge on any atom is -0.495 e. The number of aromatic nitrogens is 3. The van der Waals surface area contributed by atoms with Gasteiger partial charge in [0.15, 0.2) is 10.9 Å². The lowest BCUT2D eigenvalue weighted by atomic mass is 10.3. The third kappa shape index (κ3) is 2.65. The second-order valence-electron chi connectivity index (χ2n) is 4.39. The Morgan fingerprint density at radius 3 is 2.86 bits per heavy atom. The highest BCUT2D eigenvalue weighted by atomic mass is 32.2. The summed E-state index contributed by atoms with van der Waals surface area (Å²) < 4.78 is 12.9. The summed E-state index contributed by atoms with van der Waals surface area (Å²) in [7, 11) is 1.65. The summed E-state index contributed by atoms with van der Waals surface area (Å²) in [5.74, 6) is 2.78. The number of hydrogen-bond donors (Lipinski definition) is 0. The summed E-state index contributed by atoms with van der Waals surface area (Å²) in [5.41, 5.74) is 0.868. The third-order valence-electron chi connectivity index (χ3n) is 3.03. The van der Waals surface area contributed by atoms with Gasteiger partial charge in [0.2, 0.25) is 5.82 Å². The van der Waals surface area contributed by atoms with E-state index in [0.29, 0.717) is 11.6 Å². The lowest BCUT2D eigenvalue weighted by Gasteiger charge is -2.12. The SMILES string of the molecule is C=CCSc1nnc(-c2ccco2)n1-c1ccccc1OC. The molecule has 0 spiro atoms. The van der Waals surface area contributed by atoms with Crippen molar-refractivity contribution in [3.8, 4) is 23.0 Å². The van der Waals surface area contributed by atoms with Gasteiger partial charge in [0.1, 0.15) is 5.75 Å². The fourth-order valence-corrected chi connectivity index (χ4v) is 2.77. The van der Waals surface area contributed by atoms with E-state index in [0.717, 1.165) is 22.3 Å². The van der Waals surface area contributed by atoms with E-state index >= 15 is 0 Å². The van der Waals surface area contributed by atoms with Crippen molar-refractivity contribution >= 4 is 11.8 Å². The van der Waals surface area contributed by atoms with E-state index in [1.54, 1.807) is 25.1 Å². The fraction of sp³-hybridized carbons (Fsp3) is 0.125. The fourth-order valence-electron chi connectivity index (χ4n) is 2.09. The summed E-state index contributed by atoms with van der Waals surface area (Å²) >= 11 is 1.55. The smallest absolute Gasteiger partial charge is 0.205 e. The van der Waals surface area contributed by atoms with Crippen LogP contribution in [0.5, 0.6) is 5.75 Å². The predicted octanol–water partition coefficient (Wildman–Crippen LogP) is 3.81. The van der Waals surface area contributed by atoms with E-state index in [2.05, 4.69) is 16.8 Å². The molecule has 112 valence electrons. The number of rotatable bonds is 6. The number of benzene rings is 1. The van der Waals surface area contributed by atoms with E-state index < -0.39 is 0 Å². The highest BCUT2D eigenvalue weighted by Gasteiger charge is 2.19. The van der Waals surface area contributed by atoms with Gasteiger partial charge < -0.3 is 9.15 Å². The lowest BCUT2D eigenvalue weighted by Crippen LogP contribution is -2.02. The molecule has 0 bridgehead atoms. The van der Waals surface area contributed by atoms with Crippen LogP contribution in [0.25, 0.3) is 17.3 Å². The first kappa shape index (κ1) is 14.5. The monoisotopic (exact) mass is 313 g/mol. The summed E-state index contributed by atoms with van der Waals surface area (Å²) in [6.45, 7) is 3.75. The van der Waals surface area contributed by atoms with Gasteiger partial charge in [-0.25, -0.2) is 0 Å². The number of nitrogens with zero attached hydrogens (tertiary/aromatic N) is 3. The maximum Gasteiger partial charge on any atom is 0.205 e. The van der Waals surface area contributed by atoms with Crippen LogP contribution in [-0.2, 0) is 0 Å². The molecule has 0 aliphatic heterocycles. The van der Waals surface area contributed by atoms with Crippen LogP contribution in [0.4, 0.5) is 0 Å². The number of para-hydroxylation sites is 2. The number of ether oxygens (including phenoxy) is 1. The first-order valence-corrected chi connectivity index (χ1v) is 7.70. The van der Waals surface area contributed by atoms with E-state index in [9.17, 15) is 0 Å². The number of furan rings is 1. The van der Waals surface area contributed by atoms with Gasteiger partial charge in [0.25, 0.3) is 0 Å². The Balaban J connectivity index is 2.18. The molecule has 0 saturated carbocycles. The van der Waals surface area contributed by atoms with Crippen molar-refractivity contribution in [1.82, 2.24) is 14.8 Å². The highest BCUT2D eigenvalue weighted by Crippen LogP contribution is 2.32. The van der Waals surface area contributed by atoms with Crippen LogP contribution in [0.1, 0.15) is 0 Å². The van der Waals surface area contributed by atoms with Crippen molar-refractivity contribution in [2.75, 3.05) is 12.9 Å². The maximum absolute atomic E-state index is 5.48. The zero-order valence-corrected chi connectivity index (χ0v) is 12.9. The van der Waals surface area contributed by atoms with Crippen LogP contribution in [0.3, 0.4) is 0 Å². The lowest BCUT2D eigenvalue weighted by molar-refractivity contribution is 0.412.